The summed E-state index contributed by atoms with van der Waals surface area (Å²) in [5.41, 5.74) is -0.512. The van der Waals surface area contributed by atoms with Gasteiger partial charge in [-0.3, -0.25) is 0 Å². The van der Waals surface area contributed by atoms with Crippen LogP contribution in [0.15, 0.2) is 91.0 Å². The molecule has 0 aliphatic heterocycles. The molecule has 0 saturated heterocycles. The molecule has 0 aliphatic carbocycles. The number of esters is 3. The van der Waals surface area contributed by atoms with Crippen molar-refractivity contribution in [3.05, 3.63) is 108 Å². The molecule has 0 heterocycles. The quantitative estimate of drug-likeness (QED) is 0.266. The number of rotatable bonds is 6. The molecule has 180 valence electrons. The topological polar surface area (TPSA) is 140 Å². The zero-order valence-electron chi connectivity index (χ0n) is 18.5. The van der Waals surface area contributed by atoms with E-state index in [0.717, 1.165) is 6.07 Å². The van der Waals surface area contributed by atoms with Gasteiger partial charge in [0.25, 0.3) is 0 Å². The van der Waals surface area contributed by atoms with Crippen LogP contribution in [0, 0.1) is 0 Å². The highest BCUT2D eigenvalue weighted by molar-refractivity contribution is 6.06. The van der Waals surface area contributed by atoms with Crippen molar-refractivity contribution in [3.63, 3.8) is 0 Å². The number of hydrogen-bond acceptors (Lipinski definition) is 9. The lowest BCUT2D eigenvalue weighted by atomic mass is 10.0. The van der Waals surface area contributed by atoms with Gasteiger partial charge in [-0.2, -0.15) is 0 Å². The van der Waals surface area contributed by atoms with Crippen LogP contribution < -0.4 is 14.2 Å². The molecule has 0 aliphatic rings. The summed E-state index contributed by atoms with van der Waals surface area (Å²) >= 11 is 0. The summed E-state index contributed by atoms with van der Waals surface area (Å²) in [6, 6.07) is 19.8. The first-order chi connectivity index (χ1) is 17.3. The van der Waals surface area contributed by atoms with E-state index in [1.807, 2.05) is 0 Å². The maximum Gasteiger partial charge on any atom is 0.344 e. The first-order valence-electron chi connectivity index (χ1n) is 10.5. The van der Waals surface area contributed by atoms with Gasteiger partial charge in [0.15, 0.2) is 0 Å². The first kappa shape index (κ1) is 23.8. The smallest absolute Gasteiger partial charge is 0.344 e. The molecule has 9 nitrogen and oxygen atoms in total. The summed E-state index contributed by atoms with van der Waals surface area (Å²) in [4.78, 5) is 38.5. The lowest BCUT2D eigenvalue weighted by Crippen LogP contribution is -2.19. The van der Waals surface area contributed by atoms with Crippen LogP contribution in [0.4, 0.5) is 0 Å². The van der Waals surface area contributed by atoms with Gasteiger partial charge in [-0.05, 0) is 91.0 Å². The predicted octanol–water partition coefficient (Wildman–Crippen LogP) is 4.46. The van der Waals surface area contributed by atoms with Crippen molar-refractivity contribution in [2.75, 3.05) is 0 Å². The van der Waals surface area contributed by atoms with E-state index in [4.69, 9.17) is 14.2 Å². The van der Waals surface area contributed by atoms with Gasteiger partial charge in [-0.15, -0.1) is 0 Å². The molecular weight excluding hydrogens is 468 g/mol. The largest absolute Gasteiger partial charge is 0.508 e. The maximum atomic E-state index is 13.0. The molecule has 9 heteroatoms. The van der Waals surface area contributed by atoms with Gasteiger partial charge < -0.3 is 29.5 Å². The van der Waals surface area contributed by atoms with Gasteiger partial charge in [0.2, 0.25) is 0 Å². The molecule has 4 aromatic rings. The van der Waals surface area contributed by atoms with E-state index in [1.165, 1.54) is 84.9 Å². The summed E-state index contributed by atoms with van der Waals surface area (Å²) in [5.74, 6) is -2.39. The number of ether oxygens (including phenoxy) is 3. The van der Waals surface area contributed by atoms with Gasteiger partial charge >= 0.3 is 17.9 Å². The lowest BCUT2D eigenvalue weighted by Gasteiger charge is -2.12. The summed E-state index contributed by atoms with van der Waals surface area (Å²) in [6.45, 7) is 0. The fourth-order valence-electron chi connectivity index (χ4n) is 3.05. The Hall–Kier alpha value is -5.31. The van der Waals surface area contributed by atoms with Crippen LogP contribution in [-0.2, 0) is 0 Å². The number of benzene rings is 4. The van der Waals surface area contributed by atoms with Gasteiger partial charge in [0.1, 0.15) is 34.5 Å². The van der Waals surface area contributed by atoms with Crippen molar-refractivity contribution < 1.29 is 43.9 Å². The molecule has 0 bridgehead atoms. The van der Waals surface area contributed by atoms with Crippen molar-refractivity contribution >= 4 is 17.9 Å². The van der Waals surface area contributed by atoms with E-state index in [2.05, 4.69) is 0 Å². The van der Waals surface area contributed by atoms with Crippen LogP contribution in [0.2, 0.25) is 0 Å². The second kappa shape index (κ2) is 10.3. The van der Waals surface area contributed by atoms with E-state index in [9.17, 15) is 29.7 Å². The zero-order valence-corrected chi connectivity index (χ0v) is 18.5. The minimum atomic E-state index is -0.961. The van der Waals surface area contributed by atoms with Crippen molar-refractivity contribution in [2.45, 2.75) is 0 Å². The SMILES string of the molecule is O=C(Oc1ccc(O)cc1)c1ccc(C(=O)Oc2ccc(O)cc2)c(C(=O)Oc2ccc(O)cc2)c1. The van der Waals surface area contributed by atoms with Crippen LogP contribution in [0.1, 0.15) is 31.1 Å². The molecule has 3 N–H and O–H groups in total. The predicted molar refractivity (Wildman–Crippen MR) is 126 cm³/mol. The fraction of sp³-hybridized carbons (Fsp3) is 0. The molecular formula is C27H18O9. The standard InChI is InChI=1S/C27H18O9/c28-17-2-8-20(9-3-17)34-25(31)16-1-14-23(26(32)35-21-10-4-18(29)5-11-21)24(15-16)27(33)36-22-12-6-19(30)7-13-22/h1-15,28-30H. The van der Waals surface area contributed by atoms with E-state index >= 15 is 0 Å². The summed E-state index contributed by atoms with van der Waals surface area (Å²) in [6.07, 6.45) is 0. The Bertz CT molecular complexity index is 1410. The van der Waals surface area contributed by atoms with E-state index in [-0.39, 0.29) is 51.2 Å². The summed E-state index contributed by atoms with van der Waals surface area (Å²) < 4.78 is 15.9. The Morgan fingerprint density at radius 1 is 0.444 bits per heavy atom. The van der Waals surface area contributed by atoms with E-state index in [1.54, 1.807) is 0 Å². The number of aromatic hydroxyl groups is 3. The molecule has 4 aromatic carbocycles. The summed E-state index contributed by atoms with van der Waals surface area (Å²) in [5, 5.41) is 28.2. The number of carbonyl (C=O) groups is 3. The molecule has 4 rings (SSSR count). The van der Waals surface area contributed by atoms with Crippen LogP contribution >= 0.6 is 0 Å². The maximum absolute atomic E-state index is 13.0. The molecule has 0 spiro atoms. The number of phenolic OH excluding ortho intramolecular Hbond substituents is 3. The second-order valence-corrected chi connectivity index (χ2v) is 7.41. The summed E-state index contributed by atoms with van der Waals surface area (Å²) in [7, 11) is 0. The molecule has 0 saturated carbocycles. The number of carbonyl (C=O) groups excluding carboxylic acids is 3. The average Bonchev–Trinajstić information content (AvgIpc) is 2.87. The molecule has 0 radical (unpaired) electrons. The Kier molecular flexibility index (Phi) is 6.83. The molecule has 0 fully saturated rings. The van der Waals surface area contributed by atoms with Crippen LogP contribution in [-0.4, -0.2) is 33.2 Å². The van der Waals surface area contributed by atoms with Gasteiger partial charge in [0, 0.05) is 0 Å². The minimum Gasteiger partial charge on any atom is -0.508 e. The minimum absolute atomic E-state index is 0.00875. The monoisotopic (exact) mass is 486 g/mol. The van der Waals surface area contributed by atoms with Crippen molar-refractivity contribution in [2.24, 2.45) is 0 Å². The third-order valence-electron chi connectivity index (χ3n) is 4.84. The average molecular weight is 486 g/mol. The Morgan fingerprint density at radius 2 is 0.806 bits per heavy atom. The highest BCUT2D eigenvalue weighted by Crippen LogP contribution is 2.23. The second-order valence-electron chi connectivity index (χ2n) is 7.41. The number of hydrogen-bond donors (Lipinski definition) is 3. The zero-order chi connectivity index (χ0) is 25.7. The molecule has 0 unspecified atom stereocenters. The molecule has 0 aromatic heterocycles. The normalized spacial score (nSPS) is 10.3. The van der Waals surface area contributed by atoms with Crippen LogP contribution in [0.25, 0.3) is 0 Å². The van der Waals surface area contributed by atoms with Gasteiger partial charge in [0.05, 0.1) is 16.7 Å². The lowest BCUT2D eigenvalue weighted by molar-refractivity contribution is 0.0689. The van der Waals surface area contributed by atoms with Gasteiger partial charge in [-0.1, -0.05) is 0 Å². The van der Waals surface area contributed by atoms with Crippen LogP contribution in [0.3, 0.4) is 0 Å². The van der Waals surface area contributed by atoms with Crippen molar-refractivity contribution in [1.82, 2.24) is 0 Å². The third kappa shape index (κ3) is 5.78. The highest BCUT2D eigenvalue weighted by atomic mass is 16.5. The van der Waals surface area contributed by atoms with Crippen molar-refractivity contribution in [1.29, 1.82) is 0 Å². The Labute approximate surface area is 204 Å². The van der Waals surface area contributed by atoms with E-state index in [0.29, 0.717) is 0 Å². The molecule has 36 heavy (non-hydrogen) atoms. The van der Waals surface area contributed by atoms with Crippen LogP contribution in [0.5, 0.6) is 34.5 Å². The van der Waals surface area contributed by atoms with Gasteiger partial charge in [-0.25, -0.2) is 14.4 Å². The highest BCUT2D eigenvalue weighted by Gasteiger charge is 2.23. The fourth-order valence-corrected chi connectivity index (χ4v) is 3.05. The molecule has 0 atom stereocenters. The number of phenols is 3. The third-order valence-corrected chi connectivity index (χ3v) is 4.84. The Morgan fingerprint density at radius 3 is 1.22 bits per heavy atom. The van der Waals surface area contributed by atoms with E-state index < -0.39 is 17.9 Å². The van der Waals surface area contributed by atoms with Crippen molar-refractivity contribution in [3.8, 4) is 34.5 Å². The molecule has 0 amide bonds. The first-order valence-corrected chi connectivity index (χ1v) is 10.5. The Balaban J connectivity index is 1.64.